The van der Waals surface area contributed by atoms with Crippen molar-refractivity contribution < 1.29 is 8.42 Å². The molecule has 2 N–H and O–H groups in total. The van der Waals surface area contributed by atoms with Gasteiger partial charge in [0, 0.05) is 16.6 Å². The second-order valence-electron chi connectivity index (χ2n) is 8.65. The minimum atomic E-state index is -3.71. The van der Waals surface area contributed by atoms with Crippen molar-refractivity contribution in [1.29, 1.82) is 0 Å². The van der Waals surface area contributed by atoms with Crippen LogP contribution in [0.1, 0.15) is 40.6 Å². The van der Waals surface area contributed by atoms with E-state index < -0.39 is 10.0 Å². The van der Waals surface area contributed by atoms with E-state index in [4.69, 9.17) is 11.6 Å². The first-order valence-electron chi connectivity index (χ1n) is 10.7. The monoisotopic (exact) mass is 464 g/mol. The smallest absolute Gasteiger partial charge is 0.261 e. The number of fused-ring (bicyclic) bond motifs is 3. The van der Waals surface area contributed by atoms with Crippen molar-refractivity contribution >= 4 is 33.0 Å². The molecule has 32 heavy (non-hydrogen) atoms. The third-order valence-electron chi connectivity index (χ3n) is 6.59. The Kier molecular flexibility index (Phi) is 5.26. The Morgan fingerprint density at radius 2 is 1.72 bits per heavy atom. The van der Waals surface area contributed by atoms with Crippen LogP contribution in [0.2, 0.25) is 5.02 Å². The van der Waals surface area contributed by atoms with Crippen LogP contribution in [-0.2, 0) is 10.0 Å². The fraction of sp³-hybridized carbons (Fsp3) is 0.231. The van der Waals surface area contributed by atoms with Crippen LogP contribution in [-0.4, -0.2) is 8.42 Å². The zero-order chi connectivity index (χ0) is 22.5. The van der Waals surface area contributed by atoms with E-state index in [-0.39, 0.29) is 16.9 Å². The van der Waals surface area contributed by atoms with Gasteiger partial charge in [0.15, 0.2) is 0 Å². The molecular formula is C26H25ClN2O2S. The lowest BCUT2D eigenvalue weighted by molar-refractivity contribution is 0.425. The van der Waals surface area contributed by atoms with Crippen molar-refractivity contribution in [3.63, 3.8) is 0 Å². The standard InChI is InChI=1S/C26H25ClN2O2S/c1-16-5-3-6-17(2)25(16)29-32(30,31)20-13-14-24-23(15-20)21-7-4-8-22(21)26(28-24)18-9-11-19(27)12-10-18/h3-7,9-15,21-22,26,28-29H,8H2,1-2H3/t21?,22?,26-/m1/s1. The number of nitrogens with one attached hydrogen (secondary N) is 2. The van der Waals surface area contributed by atoms with Gasteiger partial charge in [0.2, 0.25) is 0 Å². The van der Waals surface area contributed by atoms with Gasteiger partial charge in [0.1, 0.15) is 0 Å². The molecule has 2 aliphatic rings. The highest BCUT2D eigenvalue weighted by Crippen LogP contribution is 2.50. The normalized spacial score (nSPS) is 21.5. The highest BCUT2D eigenvalue weighted by Gasteiger charge is 2.38. The second-order valence-corrected chi connectivity index (χ2v) is 10.8. The first kappa shape index (κ1) is 21.1. The van der Waals surface area contributed by atoms with Gasteiger partial charge in [-0.15, -0.1) is 0 Å². The molecule has 0 aromatic heterocycles. The molecule has 3 aromatic rings. The van der Waals surface area contributed by atoms with Crippen LogP contribution in [0, 0.1) is 19.8 Å². The number of aryl methyl sites for hydroxylation is 2. The Balaban J connectivity index is 1.50. The van der Waals surface area contributed by atoms with Gasteiger partial charge in [0.05, 0.1) is 16.6 Å². The van der Waals surface area contributed by atoms with Crippen molar-refractivity contribution in [1.82, 2.24) is 0 Å². The highest BCUT2D eigenvalue weighted by molar-refractivity contribution is 7.92. The second kappa shape index (κ2) is 7.98. The average molecular weight is 465 g/mol. The summed E-state index contributed by atoms with van der Waals surface area (Å²) < 4.78 is 29.3. The maximum absolute atomic E-state index is 13.2. The fourth-order valence-electron chi connectivity index (χ4n) is 4.91. The molecule has 164 valence electrons. The van der Waals surface area contributed by atoms with E-state index in [9.17, 15) is 8.42 Å². The summed E-state index contributed by atoms with van der Waals surface area (Å²) in [6, 6.07) is 19.2. The first-order valence-corrected chi connectivity index (χ1v) is 12.6. The maximum Gasteiger partial charge on any atom is 0.261 e. The van der Waals surface area contributed by atoms with Gasteiger partial charge in [-0.05, 0) is 78.8 Å². The lowest BCUT2D eigenvalue weighted by atomic mass is 9.77. The number of halogens is 1. The van der Waals surface area contributed by atoms with Crippen LogP contribution >= 0.6 is 11.6 Å². The Morgan fingerprint density at radius 1 is 1.00 bits per heavy atom. The summed E-state index contributed by atoms with van der Waals surface area (Å²) in [5.74, 6) is 0.496. The molecule has 0 radical (unpaired) electrons. The zero-order valence-corrected chi connectivity index (χ0v) is 19.5. The van der Waals surface area contributed by atoms with Crippen LogP contribution in [0.5, 0.6) is 0 Å². The minimum absolute atomic E-state index is 0.148. The third kappa shape index (κ3) is 3.70. The molecule has 0 bridgehead atoms. The van der Waals surface area contributed by atoms with Crippen molar-refractivity contribution in [2.75, 3.05) is 10.0 Å². The molecule has 3 atom stereocenters. The Morgan fingerprint density at radius 3 is 2.44 bits per heavy atom. The SMILES string of the molecule is Cc1cccc(C)c1NS(=O)(=O)c1ccc2c(c1)C1C=CCC1[C@@H](c1ccc(Cl)cc1)N2. The Labute approximate surface area is 194 Å². The fourth-order valence-corrected chi connectivity index (χ4v) is 6.27. The van der Waals surface area contributed by atoms with E-state index in [0.717, 1.165) is 33.8 Å². The molecule has 5 rings (SSSR count). The highest BCUT2D eigenvalue weighted by atomic mass is 35.5. The van der Waals surface area contributed by atoms with E-state index in [0.29, 0.717) is 11.6 Å². The molecule has 4 nitrogen and oxygen atoms in total. The lowest BCUT2D eigenvalue weighted by Crippen LogP contribution is -2.29. The van der Waals surface area contributed by atoms with Crippen molar-refractivity contribution in [2.24, 2.45) is 5.92 Å². The number of anilines is 2. The minimum Gasteiger partial charge on any atom is -0.378 e. The number of benzene rings is 3. The van der Waals surface area contributed by atoms with E-state index in [1.54, 1.807) is 6.07 Å². The third-order valence-corrected chi connectivity index (χ3v) is 8.19. The van der Waals surface area contributed by atoms with Gasteiger partial charge in [-0.3, -0.25) is 4.72 Å². The van der Waals surface area contributed by atoms with Crippen molar-refractivity contribution in [3.8, 4) is 0 Å². The molecule has 6 heteroatoms. The molecule has 2 unspecified atom stereocenters. The number of allylic oxidation sites excluding steroid dienone is 2. The van der Waals surface area contributed by atoms with E-state index in [1.165, 1.54) is 5.56 Å². The zero-order valence-electron chi connectivity index (χ0n) is 18.0. The van der Waals surface area contributed by atoms with Crippen LogP contribution in [0.4, 0.5) is 11.4 Å². The summed E-state index contributed by atoms with van der Waals surface area (Å²) in [4.78, 5) is 0.282. The Hall–Kier alpha value is -2.76. The summed E-state index contributed by atoms with van der Waals surface area (Å²) >= 11 is 6.08. The van der Waals surface area contributed by atoms with Crippen molar-refractivity contribution in [2.45, 2.75) is 37.1 Å². The molecule has 0 saturated carbocycles. The topological polar surface area (TPSA) is 58.2 Å². The molecular weight excluding hydrogens is 440 g/mol. The lowest BCUT2D eigenvalue weighted by Gasteiger charge is -2.37. The predicted molar refractivity (Wildman–Crippen MR) is 131 cm³/mol. The van der Waals surface area contributed by atoms with Crippen LogP contribution < -0.4 is 10.0 Å². The number of sulfonamides is 1. The molecule has 0 saturated heterocycles. The quantitative estimate of drug-likeness (QED) is 0.428. The van der Waals surface area contributed by atoms with Gasteiger partial charge < -0.3 is 5.32 Å². The van der Waals surface area contributed by atoms with Gasteiger partial charge in [0.25, 0.3) is 10.0 Å². The summed E-state index contributed by atoms with van der Waals surface area (Å²) in [5.41, 5.74) is 5.63. The van der Waals surface area contributed by atoms with Gasteiger partial charge >= 0.3 is 0 Å². The summed E-state index contributed by atoms with van der Waals surface area (Å²) in [6.45, 7) is 3.82. The van der Waals surface area contributed by atoms with E-state index in [2.05, 4.69) is 34.3 Å². The predicted octanol–water partition coefficient (Wildman–Crippen LogP) is 6.58. The van der Waals surface area contributed by atoms with Crippen LogP contribution in [0.15, 0.2) is 77.7 Å². The number of para-hydroxylation sites is 1. The number of hydrogen-bond donors (Lipinski definition) is 2. The van der Waals surface area contributed by atoms with Crippen LogP contribution in [0.3, 0.4) is 0 Å². The van der Waals surface area contributed by atoms with Gasteiger partial charge in [-0.1, -0.05) is 54.1 Å². The van der Waals surface area contributed by atoms with Gasteiger partial charge in [-0.2, -0.15) is 0 Å². The molecule has 1 heterocycles. The van der Waals surface area contributed by atoms with E-state index in [1.807, 2.05) is 56.3 Å². The molecule has 3 aromatic carbocycles. The van der Waals surface area contributed by atoms with Gasteiger partial charge in [-0.25, -0.2) is 8.42 Å². The van der Waals surface area contributed by atoms with E-state index >= 15 is 0 Å². The van der Waals surface area contributed by atoms with Crippen LogP contribution in [0.25, 0.3) is 0 Å². The molecule has 1 aliphatic carbocycles. The summed E-state index contributed by atoms with van der Waals surface area (Å²) in [7, 11) is -3.71. The maximum atomic E-state index is 13.2. The Bertz CT molecular complexity index is 1300. The number of hydrogen-bond acceptors (Lipinski definition) is 3. The average Bonchev–Trinajstić information content (AvgIpc) is 3.26. The first-order chi connectivity index (χ1) is 15.3. The molecule has 0 amide bonds. The summed E-state index contributed by atoms with van der Waals surface area (Å²) in [6.07, 6.45) is 5.36. The largest absolute Gasteiger partial charge is 0.378 e. The molecule has 1 aliphatic heterocycles. The van der Waals surface area contributed by atoms with Crippen molar-refractivity contribution in [3.05, 3.63) is 100 Å². The molecule has 0 fully saturated rings. The number of rotatable bonds is 4. The molecule has 0 spiro atoms. The summed E-state index contributed by atoms with van der Waals surface area (Å²) in [5, 5.41) is 4.37.